The lowest BCUT2D eigenvalue weighted by Gasteiger charge is -2.08. The predicted octanol–water partition coefficient (Wildman–Crippen LogP) is 1.96. The lowest BCUT2D eigenvalue weighted by atomic mass is 10.1. The molecule has 13 heavy (non-hydrogen) atoms. The lowest BCUT2D eigenvalue weighted by Crippen LogP contribution is -2.02. The summed E-state index contributed by atoms with van der Waals surface area (Å²) in [5.74, 6) is -0.482. The van der Waals surface area contributed by atoms with Crippen molar-refractivity contribution in [2.75, 3.05) is 7.11 Å². The van der Waals surface area contributed by atoms with Gasteiger partial charge in [0.25, 0.3) is 0 Å². The number of carboxylic acids is 1. The van der Waals surface area contributed by atoms with Crippen LogP contribution in [0.3, 0.4) is 0 Å². The van der Waals surface area contributed by atoms with Gasteiger partial charge in [0.1, 0.15) is 11.3 Å². The molecular formula is C10H12O3. The number of aromatic carboxylic acids is 1. The average molecular weight is 180 g/mol. The van der Waals surface area contributed by atoms with Gasteiger partial charge in [0.2, 0.25) is 0 Å². The van der Waals surface area contributed by atoms with Gasteiger partial charge in [-0.2, -0.15) is 0 Å². The van der Waals surface area contributed by atoms with E-state index in [1.807, 2.05) is 13.0 Å². The maximum absolute atomic E-state index is 10.8. The molecule has 0 aliphatic rings. The molecule has 0 bridgehead atoms. The van der Waals surface area contributed by atoms with Gasteiger partial charge < -0.3 is 9.84 Å². The average Bonchev–Trinajstić information content (AvgIpc) is 2.16. The third-order valence-corrected chi connectivity index (χ3v) is 1.91. The standard InChI is InChI=1S/C10H12O3/c1-3-7-5-4-6-8(10(11)12)9(7)13-2/h4-6H,3H2,1-2H3,(H,11,12). The van der Waals surface area contributed by atoms with Crippen LogP contribution in [0, 0.1) is 0 Å². The summed E-state index contributed by atoms with van der Waals surface area (Å²) in [5.41, 5.74) is 1.14. The Labute approximate surface area is 77.0 Å². The summed E-state index contributed by atoms with van der Waals surface area (Å²) in [6, 6.07) is 5.14. The minimum absolute atomic E-state index is 0.224. The second-order valence-corrected chi connectivity index (χ2v) is 2.66. The molecule has 0 aromatic heterocycles. The fourth-order valence-electron chi connectivity index (χ4n) is 1.27. The third kappa shape index (κ3) is 1.80. The number of hydrogen-bond acceptors (Lipinski definition) is 2. The van der Waals surface area contributed by atoms with Gasteiger partial charge in [-0.3, -0.25) is 0 Å². The summed E-state index contributed by atoms with van der Waals surface area (Å²) in [6.45, 7) is 1.96. The van der Waals surface area contributed by atoms with E-state index in [2.05, 4.69) is 0 Å². The van der Waals surface area contributed by atoms with E-state index < -0.39 is 5.97 Å². The molecule has 1 N–H and O–H groups in total. The minimum atomic E-state index is -0.952. The number of methoxy groups -OCH3 is 1. The zero-order valence-electron chi connectivity index (χ0n) is 7.70. The summed E-state index contributed by atoms with van der Waals surface area (Å²) in [6.07, 6.45) is 0.768. The normalized spacial score (nSPS) is 9.69. The molecule has 1 aromatic rings. The van der Waals surface area contributed by atoms with E-state index in [4.69, 9.17) is 9.84 Å². The van der Waals surface area contributed by atoms with E-state index in [1.165, 1.54) is 7.11 Å². The topological polar surface area (TPSA) is 46.5 Å². The van der Waals surface area contributed by atoms with E-state index in [-0.39, 0.29) is 5.56 Å². The van der Waals surface area contributed by atoms with Crippen LogP contribution in [0.1, 0.15) is 22.8 Å². The molecule has 70 valence electrons. The molecule has 0 aliphatic heterocycles. The van der Waals surface area contributed by atoms with Crippen LogP contribution in [0.2, 0.25) is 0 Å². The summed E-state index contributed by atoms with van der Waals surface area (Å²) >= 11 is 0. The van der Waals surface area contributed by atoms with Crippen molar-refractivity contribution in [2.24, 2.45) is 0 Å². The number of carbonyl (C=O) groups is 1. The number of para-hydroxylation sites is 1. The van der Waals surface area contributed by atoms with E-state index >= 15 is 0 Å². The second kappa shape index (κ2) is 3.94. The van der Waals surface area contributed by atoms with Crippen molar-refractivity contribution < 1.29 is 14.6 Å². The zero-order valence-corrected chi connectivity index (χ0v) is 7.70. The highest BCUT2D eigenvalue weighted by molar-refractivity contribution is 5.91. The van der Waals surface area contributed by atoms with E-state index in [0.717, 1.165) is 12.0 Å². The Balaban J connectivity index is 3.27. The third-order valence-electron chi connectivity index (χ3n) is 1.91. The van der Waals surface area contributed by atoms with Gasteiger partial charge in [0.15, 0.2) is 0 Å². The lowest BCUT2D eigenvalue weighted by molar-refractivity contribution is 0.0693. The van der Waals surface area contributed by atoms with Crippen molar-refractivity contribution in [3.8, 4) is 5.75 Å². The largest absolute Gasteiger partial charge is 0.496 e. The maximum atomic E-state index is 10.8. The molecule has 0 radical (unpaired) electrons. The van der Waals surface area contributed by atoms with Gasteiger partial charge in [-0.25, -0.2) is 4.79 Å². The van der Waals surface area contributed by atoms with Crippen molar-refractivity contribution in [3.63, 3.8) is 0 Å². The van der Waals surface area contributed by atoms with Gasteiger partial charge >= 0.3 is 5.97 Å². The molecule has 0 spiro atoms. The zero-order chi connectivity index (χ0) is 9.84. The summed E-state index contributed by atoms with van der Waals surface area (Å²) in [5, 5.41) is 8.84. The molecule has 0 saturated heterocycles. The summed E-state index contributed by atoms with van der Waals surface area (Å²) < 4.78 is 5.05. The fourth-order valence-corrected chi connectivity index (χ4v) is 1.27. The van der Waals surface area contributed by atoms with Gasteiger partial charge in [0, 0.05) is 0 Å². The predicted molar refractivity (Wildman–Crippen MR) is 49.3 cm³/mol. The minimum Gasteiger partial charge on any atom is -0.496 e. The number of benzene rings is 1. The molecule has 0 atom stereocenters. The van der Waals surface area contributed by atoms with Crippen LogP contribution in [0.4, 0.5) is 0 Å². The second-order valence-electron chi connectivity index (χ2n) is 2.66. The summed E-state index contributed by atoms with van der Waals surface area (Å²) in [7, 11) is 1.49. The molecular weight excluding hydrogens is 168 g/mol. The Morgan fingerprint density at radius 1 is 1.54 bits per heavy atom. The highest BCUT2D eigenvalue weighted by Gasteiger charge is 2.12. The molecule has 1 aromatic carbocycles. The molecule has 0 fully saturated rings. The van der Waals surface area contributed by atoms with Crippen molar-refractivity contribution in [1.82, 2.24) is 0 Å². The SMILES string of the molecule is CCc1cccc(C(=O)O)c1OC. The fraction of sp³-hybridized carbons (Fsp3) is 0.300. The first-order valence-electron chi connectivity index (χ1n) is 4.09. The van der Waals surface area contributed by atoms with Crippen molar-refractivity contribution in [1.29, 1.82) is 0 Å². The number of hydrogen-bond donors (Lipinski definition) is 1. The van der Waals surface area contributed by atoms with E-state index in [0.29, 0.717) is 5.75 Å². The number of aryl methyl sites for hydroxylation is 1. The summed E-state index contributed by atoms with van der Waals surface area (Å²) in [4.78, 5) is 10.8. The molecule has 0 amide bonds. The first-order chi connectivity index (χ1) is 6.20. The van der Waals surface area contributed by atoms with Crippen LogP contribution in [-0.2, 0) is 6.42 Å². The van der Waals surface area contributed by atoms with Crippen LogP contribution < -0.4 is 4.74 Å². The quantitative estimate of drug-likeness (QED) is 0.773. The van der Waals surface area contributed by atoms with Crippen molar-refractivity contribution in [3.05, 3.63) is 29.3 Å². The molecule has 0 aliphatic carbocycles. The van der Waals surface area contributed by atoms with Crippen LogP contribution in [0.25, 0.3) is 0 Å². The highest BCUT2D eigenvalue weighted by atomic mass is 16.5. The van der Waals surface area contributed by atoms with Crippen LogP contribution in [0.5, 0.6) is 5.75 Å². The molecule has 1 rings (SSSR count). The van der Waals surface area contributed by atoms with E-state index in [9.17, 15) is 4.79 Å². The molecule has 0 unspecified atom stereocenters. The molecule has 3 heteroatoms. The molecule has 0 heterocycles. The van der Waals surface area contributed by atoms with Gasteiger partial charge in [0.05, 0.1) is 7.11 Å². The van der Waals surface area contributed by atoms with Gasteiger partial charge in [-0.1, -0.05) is 19.1 Å². The van der Waals surface area contributed by atoms with Crippen LogP contribution >= 0.6 is 0 Å². The number of ether oxygens (including phenoxy) is 1. The number of carboxylic acid groups (broad SMARTS) is 1. The highest BCUT2D eigenvalue weighted by Crippen LogP contribution is 2.23. The Hall–Kier alpha value is -1.51. The maximum Gasteiger partial charge on any atom is 0.339 e. The smallest absolute Gasteiger partial charge is 0.339 e. The Kier molecular flexibility index (Phi) is 2.90. The molecule has 0 saturated carbocycles. The Morgan fingerprint density at radius 2 is 2.23 bits per heavy atom. The molecule has 3 nitrogen and oxygen atoms in total. The number of rotatable bonds is 3. The Bertz CT molecular complexity index is 318. The Morgan fingerprint density at radius 3 is 2.69 bits per heavy atom. The van der Waals surface area contributed by atoms with Gasteiger partial charge in [-0.15, -0.1) is 0 Å². The first kappa shape index (κ1) is 9.58. The van der Waals surface area contributed by atoms with Crippen molar-refractivity contribution in [2.45, 2.75) is 13.3 Å². The first-order valence-corrected chi connectivity index (χ1v) is 4.09. The van der Waals surface area contributed by atoms with Crippen LogP contribution in [0.15, 0.2) is 18.2 Å². The van der Waals surface area contributed by atoms with Gasteiger partial charge in [-0.05, 0) is 18.1 Å². The van der Waals surface area contributed by atoms with Crippen molar-refractivity contribution >= 4 is 5.97 Å². The van der Waals surface area contributed by atoms with Crippen LogP contribution in [-0.4, -0.2) is 18.2 Å². The van der Waals surface area contributed by atoms with E-state index in [1.54, 1.807) is 12.1 Å². The monoisotopic (exact) mass is 180 g/mol.